The van der Waals surface area contributed by atoms with E-state index in [4.69, 9.17) is 4.74 Å². The van der Waals surface area contributed by atoms with Gasteiger partial charge >= 0.3 is 11.9 Å². The number of hydrogen-bond donors (Lipinski definition) is 2. The third-order valence-corrected chi connectivity index (χ3v) is 5.19. The number of aryl methyl sites for hydroxylation is 1. The fourth-order valence-electron chi connectivity index (χ4n) is 2.61. The van der Waals surface area contributed by atoms with Crippen LogP contribution in [-0.2, 0) is 19.1 Å². The molecule has 0 radical (unpaired) electrons. The Bertz CT molecular complexity index is 1000. The van der Waals surface area contributed by atoms with Crippen LogP contribution in [0.5, 0.6) is 0 Å². The van der Waals surface area contributed by atoms with Crippen LogP contribution in [0.1, 0.15) is 26.3 Å². The summed E-state index contributed by atoms with van der Waals surface area (Å²) in [6.07, 6.45) is 0. The second-order valence-electron chi connectivity index (χ2n) is 6.19. The number of methoxy groups -OCH3 is 1. The largest absolute Gasteiger partial charge is 0.465 e. The molecule has 0 aliphatic carbocycles. The van der Waals surface area contributed by atoms with E-state index < -0.39 is 24.5 Å². The number of benzene rings is 2. The maximum atomic E-state index is 12.2. The number of carbonyl (C=O) groups is 4. The molecule has 0 spiro atoms. The number of amides is 2. The second-order valence-corrected chi connectivity index (χ2v) is 7.21. The van der Waals surface area contributed by atoms with Gasteiger partial charge in [-0.15, -0.1) is 11.8 Å². The molecule has 0 saturated carbocycles. The van der Waals surface area contributed by atoms with Crippen molar-refractivity contribution in [2.45, 2.75) is 11.8 Å². The number of ether oxygens (including phenoxy) is 2. The van der Waals surface area contributed by atoms with Crippen molar-refractivity contribution in [2.24, 2.45) is 0 Å². The molecule has 150 valence electrons. The number of anilines is 2. The molecule has 2 amide bonds. The van der Waals surface area contributed by atoms with E-state index in [0.29, 0.717) is 22.7 Å². The first kappa shape index (κ1) is 20.4. The summed E-state index contributed by atoms with van der Waals surface area (Å²) in [5.74, 6) is -1.58. The van der Waals surface area contributed by atoms with Gasteiger partial charge in [-0.3, -0.25) is 9.59 Å². The second kappa shape index (κ2) is 8.78. The van der Waals surface area contributed by atoms with Crippen LogP contribution in [0, 0.1) is 6.92 Å². The molecule has 0 saturated heterocycles. The Kier molecular flexibility index (Phi) is 6.18. The van der Waals surface area contributed by atoms with E-state index in [1.807, 2.05) is 0 Å². The summed E-state index contributed by atoms with van der Waals surface area (Å²) < 4.78 is 9.72. The lowest BCUT2D eigenvalue weighted by Crippen LogP contribution is -2.22. The Labute approximate surface area is 170 Å². The van der Waals surface area contributed by atoms with Crippen LogP contribution in [-0.4, -0.2) is 43.2 Å². The van der Waals surface area contributed by atoms with Crippen molar-refractivity contribution in [3.05, 3.63) is 53.1 Å². The van der Waals surface area contributed by atoms with Crippen LogP contribution in [0.3, 0.4) is 0 Å². The van der Waals surface area contributed by atoms with Gasteiger partial charge in [0.2, 0.25) is 5.91 Å². The number of fused-ring (bicyclic) bond motifs is 1. The topological polar surface area (TPSA) is 111 Å². The van der Waals surface area contributed by atoms with Crippen molar-refractivity contribution in [2.75, 3.05) is 30.1 Å². The average molecular weight is 414 g/mol. The number of thioether (sulfide) groups is 1. The van der Waals surface area contributed by atoms with E-state index in [9.17, 15) is 19.2 Å². The van der Waals surface area contributed by atoms with Crippen molar-refractivity contribution < 1.29 is 28.7 Å². The van der Waals surface area contributed by atoms with Crippen LogP contribution < -0.4 is 10.6 Å². The molecule has 0 atom stereocenters. The monoisotopic (exact) mass is 414 g/mol. The highest BCUT2D eigenvalue weighted by atomic mass is 32.2. The number of carbonyl (C=O) groups excluding carboxylic acids is 4. The van der Waals surface area contributed by atoms with Crippen LogP contribution in [0.4, 0.5) is 11.4 Å². The van der Waals surface area contributed by atoms with E-state index in [-0.39, 0.29) is 11.5 Å². The van der Waals surface area contributed by atoms with Gasteiger partial charge in [0.05, 0.1) is 29.7 Å². The number of nitrogens with one attached hydrogen (secondary N) is 2. The van der Waals surface area contributed by atoms with Crippen LogP contribution in [0.15, 0.2) is 41.3 Å². The smallest absolute Gasteiger partial charge is 0.338 e. The molecule has 3 rings (SSSR count). The molecule has 1 aliphatic rings. The standard InChI is InChI=1S/C20H18N2O6S/c1-11-3-4-12(19(25)27-2)7-14(11)21-17(23)9-28-20(26)13-5-6-16-15(8-13)22-18(24)10-29-16/h3-8H,9-10H2,1-2H3,(H,21,23)(H,22,24). The third kappa shape index (κ3) is 4.94. The van der Waals surface area contributed by atoms with Crippen LogP contribution in [0.2, 0.25) is 0 Å². The molecule has 2 aromatic rings. The lowest BCUT2D eigenvalue weighted by atomic mass is 10.1. The van der Waals surface area contributed by atoms with Crippen molar-refractivity contribution in [3.8, 4) is 0 Å². The fourth-order valence-corrected chi connectivity index (χ4v) is 3.40. The Morgan fingerprint density at radius 2 is 1.83 bits per heavy atom. The predicted octanol–water partition coefficient (Wildman–Crippen LogP) is 2.62. The Morgan fingerprint density at radius 1 is 1.10 bits per heavy atom. The van der Waals surface area contributed by atoms with Gasteiger partial charge in [-0.05, 0) is 42.8 Å². The maximum absolute atomic E-state index is 12.2. The lowest BCUT2D eigenvalue weighted by molar-refractivity contribution is -0.119. The normalized spacial score (nSPS) is 12.4. The highest BCUT2D eigenvalue weighted by molar-refractivity contribution is 8.00. The Hall–Kier alpha value is -3.33. The molecular weight excluding hydrogens is 396 g/mol. The van der Waals surface area contributed by atoms with Gasteiger partial charge in [-0.25, -0.2) is 9.59 Å². The summed E-state index contributed by atoms with van der Waals surface area (Å²) in [4.78, 5) is 48.4. The highest BCUT2D eigenvalue weighted by Crippen LogP contribution is 2.32. The minimum absolute atomic E-state index is 0.142. The Balaban J connectivity index is 1.61. The van der Waals surface area contributed by atoms with Gasteiger partial charge in [0.15, 0.2) is 6.61 Å². The molecular formula is C20H18N2O6S. The zero-order valence-electron chi connectivity index (χ0n) is 15.7. The van der Waals surface area contributed by atoms with Crippen LogP contribution in [0.25, 0.3) is 0 Å². The summed E-state index contributed by atoms with van der Waals surface area (Å²) in [6, 6.07) is 9.57. The third-order valence-electron chi connectivity index (χ3n) is 4.12. The van der Waals surface area contributed by atoms with Crippen molar-refractivity contribution in [1.82, 2.24) is 0 Å². The van der Waals surface area contributed by atoms with Gasteiger partial charge in [-0.1, -0.05) is 6.07 Å². The predicted molar refractivity (Wildman–Crippen MR) is 107 cm³/mol. The van der Waals surface area contributed by atoms with Crippen molar-refractivity contribution in [3.63, 3.8) is 0 Å². The molecule has 2 N–H and O–H groups in total. The zero-order chi connectivity index (χ0) is 21.0. The summed E-state index contributed by atoms with van der Waals surface area (Å²) in [6.45, 7) is 1.26. The molecule has 29 heavy (non-hydrogen) atoms. The van der Waals surface area contributed by atoms with E-state index in [1.54, 1.807) is 31.2 Å². The van der Waals surface area contributed by atoms with Gasteiger partial charge < -0.3 is 20.1 Å². The Morgan fingerprint density at radius 3 is 2.59 bits per heavy atom. The quantitative estimate of drug-likeness (QED) is 0.724. The van der Waals surface area contributed by atoms with E-state index in [0.717, 1.165) is 10.5 Å². The van der Waals surface area contributed by atoms with Gasteiger partial charge in [0.25, 0.3) is 5.91 Å². The van der Waals surface area contributed by atoms with E-state index in [1.165, 1.54) is 31.0 Å². The minimum Gasteiger partial charge on any atom is -0.465 e. The molecule has 8 nitrogen and oxygen atoms in total. The highest BCUT2D eigenvalue weighted by Gasteiger charge is 2.18. The number of hydrogen-bond acceptors (Lipinski definition) is 7. The van der Waals surface area contributed by atoms with Gasteiger partial charge in [-0.2, -0.15) is 0 Å². The van der Waals surface area contributed by atoms with Crippen LogP contribution >= 0.6 is 11.8 Å². The fraction of sp³-hybridized carbons (Fsp3) is 0.200. The maximum Gasteiger partial charge on any atom is 0.338 e. The van der Waals surface area contributed by atoms with Gasteiger partial charge in [0.1, 0.15) is 0 Å². The first-order valence-corrected chi connectivity index (χ1v) is 9.58. The zero-order valence-corrected chi connectivity index (χ0v) is 16.6. The minimum atomic E-state index is -0.687. The summed E-state index contributed by atoms with van der Waals surface area (Å²) in [5.41, 5.74) is 2.21. The average Bonchev–Trinajstić information content (AvgIpc) is 2.72. The molecule has 2 aromatic carbocycles. The van der Waals surface area contributed by atoms with Crippen molar-refractivity contribution >= 4 is 46.9 Å². The number of rotatable bonds is 5. The first-order chi connectivity index (χ1) is 13.9. The van der Waals surface area contributed by atoms with E-state index >= 15 is 0 Å². The van der Waals surface area contributed by atoms with Gasteiger partial charge in [0, 0.05) is 10.6 Å². The molecule has 1 aliphatic heterocycles. The molecule has 0 aromatic heterocycles. The molecule has 9 heteroatoms. The number of esters is 2. The first-order valence-electron chi connectivity index (χ1n) is 8.60. The molecule has 1 heterocycles. The molecule has 0 unspecified atom stereocenters. The van der Waals surface area contributed by atoms with Crippen molar-refractivity contribution in [1.29, 1.82) is 0 Å². The summed E-state index contributed by atoms with van der Waals surface area (Å²) >= 11 is 1.38. The SMILES string of the molecule is COC(=O)c1ccc(C)c(NC(=O)COC(=O)c2ccc3c(c2)NC(=O)CS3)c1. The molecule has 0 fully saturated rings. The molecule has 0 bridgehead atoms. The summed E-state index contributed by atoms with van der Waals surface area (Å²) in [5, 5.41) is 5.30. The summed E-state index contributed by atoms with van der Waals surface area (Å²) in [7, 11) is 1.27. The lowest BCUT2D eigenvalue weighted by Gasteiger charge is -2.16. The van der Waals surface area contributed by atoms with E-state index in [2.05, 4.69) is 15.4 Å².